The molecule has 2 aliphatic rings. The van der Waals surface area contributed by atoms with Crippen molar-refractivity contribution in [2.24, 2.45) is 0 Å². The molecule has 2 aliphatic heterocycles. The van der Waals surface area contributed by atoms with Crippen molar-refractivity contribution in [1.29, 1.82) is 0 Å². The molecule has 1 amide bonds. The summed E-state index contributed by atoms with van der Waals surface area (Å²) in [5.41, 5.74) is 0. The number of piperazine rings is 1. The molecule has 0 aromatic carbocycles. The van der Waals surface area contributed by atoms with E-state index in [1.807, 2.05) is 0 Å². The molecule has 0 radical (unpaired) electrons. The standard InChI is InChI=1S/C13H23ClN2O/c1-11-9-15-8-4-5-12(15)10-16(11)13(17)6-2-3-7-14/h11-12H,2-10H2,1H3. The van der Waals surface area contributed by atoms with E-state index < -0.39 is 0 Å². The van der Waals surface area contributed by atoms with Gasteiger partial charge in [-0.1, -0.05) is 0 Å². The molecule has 2 unspecified atom stereocenters. The number of rotatable bonds is 4. The van der Waals surface area contributed by atoms with Gasteiger partial charge in [-0.05, 0) is 39.2 Å². The Morgan fingerprint density at radius 3 is 2.94 bits per heavy atom. The van der Waals surface area contributed by atoms with E-state index in [1.165, 1.54) is 19.4 Å². The van der Waals surface area contributed by atoms with Gasteiger partial charge in [0.2, 0.25) is 5.91 Å². The van der Waals surface area contributed by atoms with Crippen LogP contribution in [0.2, 0.25) is 0 Å². The van der Waals surface area contributed by atoms with Crippen molar-refractivity contribution in [2.45, 2.75) is 51.1 Å². The Kier molecular flexibility index (Phi) is 4.69. The third kappa shape index (κ3) is 3.14. The molecule has 0 spiro atoms. The van der Waals surface area contributed by atoms with E-state index in [-0.39, 0.29) is 0 Å². The predicted molar refractivity (Wildman–Crippen MR) is 70.3 cm³/mol. The van der Waals surface area contributed by atoms with E-state index in [4.69, 9.17) is 11.6 Å². The van der Waals surface area contributed by atoms with E-state index in [0.29, 0.717) is 30.3 Å². The number of alkyl halides is 1. The molecule has 0 saturated carbocycles. The first kappa shape index (κ1) is 13.2. The Balaban J connectivity index is 1.84. The number of amides is 1. The second-order valence-electron chi connectivity index (χ2n) is 5.33. The minimum absolute atomic E-state index is 0.328. The summed E-state index contributed by atoms with van der Waals surface area (Å²) in [7, 11) is 0. The molecular formula is C13H23ClN2O. The molecule has 2 heterocycles. The van der Waals surface area contributed by atoms with Crippen LogP contribution >= 0.6 is 11.6 Å². The molecule has 0 N–H and O–H groups in total. The van der Waals surface area contributed by atoms with E-state index >= 15 is 0 Å². The Hall–Kier alpha value is -0.280. The zero-order chi connectivity index (χ0) is 12.3. The van der Waals surface area contributed by atoms with Crippen molar-refractivity contribution in [3.63, 3.8) is 0 Å². The molecule has 3 nitrogen and oxygen atoms in total. The zero-order valence-electron chi connectivity index (χ0n) is 10.7. The molecule has 17 heavy (non-hydrogen) atoms. The maximum Gasteiger partial charge on any atom is 0.222 e. The van der Waals surface area contributed by atoms with Gasteiger partial charge < -0.3 is 4.90 Å². The normalized spacial score (nSPS) is 29.4. The van der Waals surface area contributed by atoms with Crippen LogP contribution in [0.15, 0.2) is 0 Å². The molecule has 0 aromatic rings. The van der Waals surface area contributed by atoms with Gasteiger partial charge in [0.15, 0.2) is 0 Å². The summed E-state index contributed by atoms with van der Waals surface area (Å²) in [5.74, 6) is 0.994. The van der Waals surface area contributed by atoms with Crippen LogP contribution in [0, 0.1) is 0 Å². The van der Waals surface area contributed by atoms with Crippen molar-refractivity contribution in [3.05, 3.63) is 0 Å². The van der Waals surface area contributed by atoms with Gasteiger partial charge in [-0.3, -0.25) is 9.69 Å². The molecule has 4 heteroatoms. The second-order valence-corrected chi connectivity index (χ2v) is 5.71. The lowest BCUT2D eigenvalue weighted by Gasteiger charge is -2.42. The van der Waals surface area contributed by atoms with Crippen LogP contribution in [0.5, 0.6) is 0 Å². The predicted octanol–water partition coefficient (Wildman–Crippen LogP) is 2.09. The summed E-state index contributed by atoms with van der Waals surface area (Å²) < 4.78 is 0. The lowest BCUT2D eigenvalue weighted by molar-refractivity contribution is -0.136. The maximum absolute atomic E-state index is 12.1. The number of nitrogens with zero attached hydrogens (tertiary/aromatic N) is 2. The summed E-state index contributed by atoms with van der Waals surface area (Å²) >= 11 is 5.64. The van der Waals surface area contributed by atoms with E-state index in [2.05, 4.69) is 16.7 Å². The van der Waals surface area contributed by atoms with Gasteiger partial charge >= 0.3 is 0 Å². The number of hydrogen-bond acceptors (Lipinski definition) is 2. The van der Waals surface area contributed by atoms with Gasteiger partial charge in [0.05, 0.1) is 0 Å². The highest BCUT2D eigenvalue weighted by Gasteiger charge is 2.35. The smallest absolute Gasteiger partial charge is 0.222 e. The van der Waals surface area contributed by atoms with Gasteiger partial charge in [0.1, 0.15) is 0 Å². The number of unbranched alkanes of at least 4 members (excludes halogenated alkanes) is 1. The zero-order valence-corrected chi connectivity index (χ0v) is 11.5. The summed E-state index contributed by atoms with van der Waals surface area (Å²) in [6.07, 6.45) is 5.11. The topological polar surface area (TPSA) is 23.6 Å². The Morgan fingerprint density at radius 2 is 2.18 bits per heavy atom. The lowest BCUT2D eigenvalue weighted by atomic mass is 10.1. The van der Waals surface area contributed by atoms with Crippen LogP contribution in [0.3, 0.4) is 0 Å². The molecule has 98 valence electrons. The Bertz CT molecular complexity index is 272. The van der Waals surface area contributed by atoms with Gasteiger partial charge in [-0.15, -0.1) is 11.6 Å². The minimum Gasteiger partial charge on any atom is -0.337 e. The summed E-state index contributed by atoms with van der Waals surface area (Å²) in [6, 6.07) is 1.01. The monoisotopic (exact) mass is 258 g/mol. The fourth-order valence-electron chi connectivity index (χ4n) is 3.05. The first-order valence-corrected chi connectivity index (χ1v) is 7.35. The molecular weight excluding hydrogens is 236 g/mol. The molecule has 2 saturated heterocycles. The van der Waals surface area contributed by atoms with Gasteiger partial charge in [0, 0.05) is 37.5 Å². The van der Waals surface area contributed by atoms with Crippen molar-refractivity contribution in [1.82, 2.24) is 9.80 Å². The summed E-state index contributed by atoms with van der Waals surface area (Å²) in [6.45, 7) is 5.41. The fraction of sp³-hybridized carbons (Fsp3) is 0.923. The van der Waals surface area contributed by atoms with Crippen LogP contribution in [-0.4, -0.2) is 53.3 Å². The van der Waals surface area contributed by atoms with Gasteiger partial charge in [-0.2, -0.15) is 0 Å². The second kappa shape index (κ2) is 6.05. The minimum atomic E-state index is 0.328. The molecule has 2 rings (SSSR count). The fourth-order valence-corrected chi connectivity index (χ4v) is 3.24. The highest BCUT2D eigenvalue weighted by Crippen LogP contribution is 2.25. The maximum atomic E-state index is 12.1. The average molecular weight is 259 g/mol. The highest BCUT2D eigenvalue weighted by molar-refractivity contribution is 6.17. The third-order valence-corrected chi connectivity index (χ3v) is 4.30. The van der Waals surface area contributed by atoms with E-state index in [0.717, 1.165) is 25.9 Å². The quantitative estimate of drug-likeness (QED) is 0.570. The number of carbonyl (C=O) groups is 1. The first-order chi connectivity index (χ1) is 8.22. The average Bonchev–Trinajstić information content (AvgIpc) is 2.75. The number of carbonyl (C=O) groups excluding carboxylic acids is 1. The van der Waals surface area contributed by atoms with Crippen LogP contribution in [0.4, 0.5) is 0 Å². The summed E-state index contributed by atoms with van der Waals surface area (Å²) in [5, 5.41) is 0. The van der Waals surface area contributed by atoms with Crippen LogP contribution in [0.25, 0.3) is 0 Å². The molecule has 0 bridgehead atoms. The Labute approximate surface area is 109 Å². The number of hydrogen-bond donors (Lipinski definition) is 0. The SMILES string of the molecule is CC1CN2CCCC2CN1C(=O)CCCCCl. The molecule has 0 aromatic heterocycles. The van der Waals surface area contributed by atoms with Crippen molar-refractivity contribution >= 4 is 17.5 Å². The molecule has 2 fully saturated rings. The van der Waals surface area contributed by atoms with Crippen molar-refractivity contribution in [3.8, 4) is 0 Å². The molecule has 2 atom stereocenters. The van der Waals surface area contributed by atoms with Crippen LogP contribution < -0.4 is 0 Å². The van der Waals surface area contributed by atoms with Gasteiger partial charge in [0.25, 0.3) is 0 Å². The number of fused-ring (bicyclic) bond motifs is 1. The molecule has 0 aliphatic carbocycles. The van der Waals surface area contributed by atoms with E-state index in [1.54, 1.807) is 0 Å². The summed E-state index contributed by atoms with van der Waals surface area (Å²) in [4.78, 5) is 16.8. The lowest BCUT2D eigenvalue weighted by Crippen LogP contribution is -2.56. The van der Waals surface area contributed by atoms with Crippen molar-refractivity contribution in [2.75, 3.05) is 25.5 Å². The van der Waals surface area contributed by atoms with E-state index in [9.17, 15) is 4.79 Å². The van der Waals surface area contributed by atoms with Crippen molar-refractivity contribution < 1.29 is 4.79 Å². The first-order valence-electron chi connectivity index (χ1n) is 6.82. The van der Waals surface area contributed by atoms with Crippen LogP contribution in [0.1, 0.15) is 39.0 Å². The highest BCUT2D eigenvalue weighted by atomic mass is 35.5. The van der Waals surface area contributed by atoms with Crippen LogP contribution in [-0.2, 0) is 4.79 Å². The Morgan fingerprint density at radius 1 is 1.35 bits per heavy atom. The third-order valence-electron chi connectivity index (χ3n) is 4.03. The number of halogens is 1. The largest absolute Gasteiger partial charge is 0.337 e. The van der Waals surface area contributed by atoms with Gasteiger partial charge in [-0.25, -0.2) is 0 Å².